The molecule has 566 valence electrons. The van der Waals surface area contributed by atoms with E-state index in [1.807, 2.05) is 11.8 Å². The van der Waals surface area contributed by atoms with Gasteiger partial charge in [0.05, 0.1) is 11.4 Å². The topological polar surface area (TPSA) is 22.2 Å². The molecule has 0 saturated heterocycles. The lowest BCUT2D eigenvalue weighted by atomic mass is 9.31. The number of hydrogen-bond acceptors (Lipinski definition) is 6. The zero-order valence-corrected chi connectivity index (χ0v) is 71.7. The smallest absolute Gasteiger partial charge is 0.256 e. The number of fused-ring (bicyclic) bond motifs is 8. The molecule has 0 spiro atoms. The lowest BCUT2D eigenvalue weighted by Gasteiger charge is -2.44. The van der Waals surface area contributed by atoms with Crippen LogP contribution in [0.4, 0.5) is 68.2 Å². The van der Waals surface area contributed by atoms with E-state index in [9.17, 15) is 0 Å². The summed E-state index contributed by atoms with van der Waals surface area (Å²) in [5, 5.41) is 0. The molecule has 5 nitrogen and oxygen atoms in total. The summed E-state index contributed by atoms with van der Waals surface area (Å²) in [5.74, 6) is 1.73. The summed E-state index contributed by atoms with van der Waals surface area (Å²) < 4.78 is 7.71. The molecule has 12 aromatic carbocycles. The number of ether oxygens (including phenoxy) is 1. The summed E-state index contributed by atoms with van der Waals surface area (Å²) >= 11 is 1.94. The molecule has 112 heavy (non-hydrogen) atoms. The number of rotatable bonds is 9. The van der Waals surface area contributed by atoms with E-state index in [-0.39, 0.29) is 56.7 Å². The Kier molecular flexibility index (Phi) is 18.3. The van der Waals surface area contributed by atoms with Crippen LogP contribution in [0.2, 0.25) is 0 Å². The first-order valence-corrected chi connectivity index (χ1v) is 41.5. The molecule has 0 saturated carbocycles. The van der Waals surface area contributed by atoms with Crippen molar-refractivity contribution in [3.8, 4) is 22.6 Å². The fourth-order valence-corrected chi connectivity index (χ4v) is 18.4. The number of nitrogens with zero attached hydrogens (tertiary/aromatic N) is 4. The molecule has 4 heterocycles. The van der Waals surface area contributed by atoms with Crippen molar-refractivity contribution in [1.29, 1.82) is 0 Å². The molecule has 4 aliphatic rings. The molecule has 0 radical (unpaired) electrons. The van der Waals surface area contributed by atoms with Gasteiger partial charge in [0.25, 0.3) is 6.71 Å². The van der Waals surface area contributed by atoms with Gasteiger partial charge in [-0.15, -0.1) is 0 Å². The Bertz CT molecular complexity index is 5530. The molecule has 12 aromatic rings. The van der Waals surface area contributed by atoms with Crippen LogP contribution in [0.15, 0.2) is 252 Å². The van der Waals surface area contributed by atoms with E-state index in [1.54, 1.807) is 0 Å². The van der Waals surface area contributed by atoms with Crippen molar-refractivity contribution in [2.75, 3.05) is 19.6 Å². The van der Waals surface area contributed by atoms with Crippen LogP contribution in [0.5, 0.6) is 11.5 Å². The maximum absolute atomic E-state index is 7.71. The number of hydrogen-bond donors (Lipinski definition) is 0. The van der Waals surface area contributed by atoms with Crippen molar-refractivity contribution in [2.24, 2.45) is 0 Å². The van der Waals surface area contributed by atoms with Crippen molar-refractivity contribution in [1.82, 2.24) is 0 Å². The number of benzene rings is 12. The van der Waals surface area contributed by atoms with E-state index >= 15 is 0 Å². The molecule has 0 fully saturated rings. The van der Waals surface area contributed by atoms with Crippen LogP contribution in [0.25, 0.3) is 11.1 Å². The van der Waals surface area contributed by atoms with Crippen LogP contribution >= 0.6 is 11.8 Å². The highest BCUT2D eigenvalue weighted by atomic mass is 32.2. The van der Waals surface area contributed by atoms with Crippen LogP contribution in [-0.4, -0.2) is 13.4 Å². The Morgan fingerprint density at radius 2 is 0.634 bits per heavy atom. The number of anilines is 12. The van der Waals surface area contributed by atoms with Gasteiger partial charge in [0.2, 0.25) is 6.71 Å². The molecule has 0 amide bonds. The van der Waals surface area contributed by atoms with Crippen molar-refractivity contribution in [3.05, 3.63) is 287 Å². The molecule has 0 N–H and O–H groups in total. The Hall–Kier alpha value is -9.88. The van der Waals surface area contributed by atoms with E-state index in [1.165, 1.54) is 93.0 Å². The predicted molar refractivity (Wildman–Crippen MR) is 487 cm³/mol. The molecule has 0 aromatic heterocycles. The second-order valence-electron chi connectivity index (χ2n) is 40.5. The standard InChI is InChI=1S/C104H112B2N4OS/c1-97(2,3)66-31-29-65(30-32-66)81-27-25-26-28-86(81)110-88-64-93-85(63-83(88)105-84-58-73(104(22,23)24)44-56-91(84)111-92-61-79(59-89(110)95(92)105)107(74-45-33-67(34-46-74)98(4,5)6)75-47-35-68(36-48-75)99(7,8)9)106-82-57-72(103(19,20)21)43-55-87(82)109(78-53-41-71(42-54-78)102(16,17)18)90-60-80(62-94(112-93)96(90)106)108(76-49-37-69(38-50-76)100(10,11)12)77-51-39-70(40-52-77)101(13,14)15/h25-64H,1-24H3. The zero-order chi connectivity index (χ0) is 79.6. The van der Waals surface area contributed by atoms with Crippen molar-refractivity contribution < 1.29 is 4.74 Å². The Labute approximate surface area is 675 Å². The monoisotopic (exact) mass is 1490 g/mol. The van der Waals surface area contributed by atoms with Crippen LogP contribution < -0.4 is 57.1 Å². The van der Waals surface area contributed by atoms with Gasteiger partial charge in [-0.25, -0.2) is 0 Å². The first-order valence-electron chi connectivity index (χ1n) is 40.7. The van der Waals surface area contributed by atoms with Crippen molar-refractivity contribution in [3.63, 3.8) is 0 Å². The van der Waals surface area contributed by atoms with Gasteiger partial charge in [-0.05, 0) is 224 Å². The van der Waals surface area contributed by atoms with E-state index in [2.05, 4.69) is 428 Å². The molecular formula is C104H112B2N4OS. The fourth-order valence-electron chi connectivity index (χ4n) is 17.2. The summed E-state index contributed by atoms with van der Waals surface area (Å²) in [6, 6.07) is 95.0. The normalized spacial score (nSPS) is 14.0. The Balaban J connectivity index is 1.01. The molecule has 0 bridgehead atoms. The van der Waals surface area contributed by atoms with E-state index < -0.39 is 0 Å². The summed E-state index contributed by atoms with van der Waals surface area (Å²) in [6.45, 7) is 55.3. The van der Waals surface area contributed by atoms with Gasteiger partial charge in [-0.1, -0.05) is 317 Å². The van der Waals surface area contributed by atoms with E-state index in [4.69, 9.17) is 4.74 Å². The average Bonchev–Trinajstić information content (AvgIpc) is 0.688. The van der Waals surface area contributed by atoms with Crippen LogP contribution in [0.3, 0.4) is 0 Å². The minimum absolute atomic E-state index is 0.0265. The van der Waals surface area contributed by atoms with E-state index in [0.717, 1.165) is 85.0 Å². The first kappa shape index (κ1) is 76.1. The van der Waals surface area contributed by atoms with Gasteiger partial charge < -0.3 is 24.3 Å². The maximum Gasteiger partial charge on any atom is 0.256 e. The minimum atomic E-state index is -0.233. The summed E-state index contributed by atoms with van der Waals surface area (Å²) in [7, 11) is 0. The quantitative estimate of drug-likeness (QED) is 0.133. The molecule has 16 rings (SSSR count). The third kappa shape index (κ3) is 13.8. The molecule has 8 heteroatoms. The largest absolute Gasteiger partial charge is 0.458 e. The SMILES string of the molecule is CC(C)(C)c1ccc(-c2ccccc2N2c3cc4c(cc3B3c5cc(C(C)(C)C)ccc5Oc5cc(N(c6ccc(C(C)(C)C)cc6)c6ccc(C(C)(C)C)cc6)cc2c53)B2c3cc(C(C)(C)C)ccc3N(c3ccc(C(C)(C)C)cc3)c3cc(N(c5ccc(C(C)(C)C)cc5)c5ccc(C(C)(C)C)cc5)cc(c32)S4)cc1. The third-order valence-corrected chi connectivity index (χ3v) is 25.2. The second-order valence-corrected chi connectivity index (χ2v) is 41.6. The van der Waals surface area contributed by atoms with Crippen molar-refractivity contribution >= 4 is 126 Å². The highest BCUT2D eigenvalue weighted by molar-refractivity contribution is 8.00. The average molecular weight is 1490 g/mol. The molecule has 0 aliphatic carbocycles. The predicted octanol–water partition coefficient (Wildman–Crippen LogP) is 25.8. The van der Waals surface area contributed by atoms with E-state index in [0.29, 0.717) is 0 Å². The van der Waals surface area contributed by atoms with Gasteiger partial charge in [0.1, 0.15) is 11.5 Å². The molecular weight excluding hydrogens is 1370 g/mol. The Morgan fingerprint density at radius 3 is 1.09 bits per heavy atom. The van der Waals surface area contributed by atoms with Crippen LogP contribution in [0, 0.1) is 0 Å². The highest BCUT2D eigenvalue weighted by Gasteiger charge is 2.48. The molecule has 0 unspecified atom stereocenters. The summed E-state index contributed by atoms with van der Waals surface area (Å²) in [5.41, 5.74) is 33.0. The summed E-state index contributed by atoms with van der Waals surface area (Å²) in [4.78, 5) is 12.7. The highest BCUT2D eigenvalue weighted by Crippen LogP contribution is 2.53. The van der Waals surface area contributed by atoms with Crippen molar-refractivity contribution in [2.45, 2.75) is 219 Å². The van der Waals surface area contributed by atoms with Gasteiger partial charge in [-0.2, -0.15) is 0 Å². The number of para-hydroxylation sites is 1. The second kappa shape index (κ2) is 26.9. The Morgan fingerprint density at radius 1 is 0.259 bits per heavy atom. The van der Waals surface area contributed by atoms with Gasteiger partial charge in [-0.3, -0.25) is 0 Å². The van der Waals surface area contributed by atoms with Gasteiger partial charge in [0, 0.05) is 78.3 Å². The fraction of sp³-hybridized carbons (Fsp3) is 0.308. The molecule has 4 aliphatic heterocycles. The lowest BCUT2D eigenvalue weighted by molar-refractivity contribution is 0.486. The zero-order valence-electron chi connectivity index (χ0n) is 70.9. The lowest BCUT2D eigenvalue weighted by Crippen LogP contribution is -2.64. The van der Waals surface area contributed by atoms with Gasteiger partial charge in [0.15, 0.2) is 0 Å². The molecule has 0 atom stereocenters. The van der Waals surface area contributed by atoms with Gasteiger partial charge >= 0.3 is 0 Å². The summed E-state index contributed by atoms with van der Waals surface area (Å²) in [6.07, 6.45) is 0. The third-order valence-electron chi connectivity index (χ3n) is 24.0. The maximum atomic E-state index is 7.71. The minimum Gasteiger partial charge on any atom is -0.458 e. The van der Waals surface area contributed by atoms with Crippen LogP contribution in [-0.2, 0) is 43.3 Å². The van der Waals surface area contributed by atoms with Crippen LogP contribution in [0.1, 0.15) is 211 Å². The first-order chi connectivity index (χ1) is 52.6.